The minimum Gasteiger partial charge on any atom is -0.494 e. The van der Waals surface area contributed by atoms with Crippen LogP contribution in [0.3, 0.4) is 0 Å². The van der Waals surface area contributed by atoms with Gasteiger partial charge in [-0.25, -0.2) is 0 Å². The summed E-state index contributed by atoms with van der Waals surface area (Å²) in [6.45, 7) is 5.54. The van der Waals surface area contributed by atoms with Gasteiger partial charge in [-0.2, -0.15) is 0 Å². The quantitative estimate of drug-likeness (QED) is 0.784. The lowest BCUT2D eigenvalue weighted by atomic mass is 10.1. The maximum Gasteiger partial charge on any atom is 0.119 e. The Morgan fingerprint density at radius 2 is 1.76 bits per heavy atom. The van der Waals surface area contributed by atoms with E-state index < -0.39 is 0 Å². The van der Waals surface area contributed by atoms with E-state index >= 15 is 0 Å². The molecule has 2 nitrogen and oxygen atoms in total. The fraction of sp³-hybridized carbons (Fsp3) is 0.294. The molecule has 4 heteroatoms. The number of ether oxygens (including phenoxy) is 1. The minimum atomic E-state index is 0.245. The number of rotatable bonds is 6. The minimum absolute atomic E-state index is 0.245. The van der Waals surface area contributed by atoms with Crippen molar-refractivity contribution in [1.82, 2.24) is 5.32 Å². The third kappa shape index (κ3) is 4.63. The van der Waals surface area contributed by atoms with Crippen molar-refractivity contribution in [1.29, 1.82) is 0 Å². The summed E-state index contributed by atoms with van der Waals surface area (Å²) in [6.07, 6.45) is 0. The van der Waals surface area contributed by atoms with Gasteiger partial charge in [-0.3, -0.25) is 0 Å². The van der Waals surface area contributed by atoms with Gasteiger partial charge in [-0.05, 0) is 49.2 Å². The number of hydrogen-bond acceptors (Lipinski definition) is 2. The molecule has 1 unspecified atom stereocenters. The number of benzene rings is 2. The largest absolute Gasteiger partial charge is 0.494 e. The molecule has 0 heterocycles. The first kappa shape index (κ1) is 16.2. The number of nitrogens with one attached hydrogen (secondary N) is 1. The standard InChI is InChI=1S/C17H19Cl2NO/c1-3-21-15-7-5-14(6-8-15)12(2)20-11-13-4-9-16(18)17(19)10-13/h4-10,12,20H,3,11H2,1-2H3. The van der Waals surface area contributed by atoms with E-state index in [1.807, 2.05) is 37.3 Å². The Morgan fingerprint density at radius 3 is 2.38 bits per heavy atom. The molecule has 0 aliphatic heterocycles. The van der Waals surface area contributed by atoms with Crippen LogP contribution in [-0.4, -0.2) is 6.61 Å². The van der Waals surface area contributed by atoms with Gasteiger partial charge in [0.2, 0.25) is 0 Å². The van der Waals surface area contributed by atoms with Gasteiger partial charge >= 0.3 is 0 Å². The summed E-state index contributed by atoms with van der Waals surface area (Å²) >= 11 is 11.9. The van der Waals surface area contributed by atoms with Crippen LogP contribution in [-0.2, 0) is 6.54 Å². The van der Waals surface area contributed by atoms with E-state index in [0.717, 1.165) is 17.9 Å². The van der Waals surface area contributed by atoms with Crippen molar-refractivity contribution in [2.45, 2.75) is 26.4 Å². The summed E-state index contributed by atoms with van der Waals surface area (Å²) in [5, 5.41) is 4.64. The highest BCUT2D eigenvalue weighted by Crippen LogP contribution is 2.23. The maximum absolute atomic E-state index is 6.02. The molecule has 0 bridgehead atoms. The van der Waals surface area contributed by atoms with E-state index in [0.29, 0.717) is 16.7 Å². The van der Waals surface area contributed by atoms with Gasteiger partial charge in [0.1, 0.15) is 5.75 Å². The van der Waals surface area contributed by atoms with Gasteiger partial charge in [0.25, 0.3) is 0 Å². The third-order valence-electron chi connectivity index (χ3n) is 3.29. The predicted octanol–water partition coefficient (Wildman–Crippen LogP) is 5.24. The Balaban J connectivity index is 1.94. The first-order valence-electron chi connectivity index (χ1n) is 7.00. The van der Waals surface area contributed by atoms with Crippen molar-refractivity contribution >= 4 is 23.2 Å². The predicted molar refractivity (Wildman–Crippen MR) is 89.3 cm³/mol. The lowest BCUT2D eigenvalue weighted by Crippen LogP contribution is -2.18. The first-order valence-corrected chi connectivity index (χ1v) is 7.76. The van der Waals surface area contributed by atoms with Gasteiger partial charge < -0.3 is 10.1 Å². The molecule has 0 aromatic heterocycles. The van der Waals surface area contributed by atoms with Crippen LogP contribution < -0.4 is 10.1 Å². The van der Waals surface area contributed by atoms with Crippen molar-refractivity contribution in [2.24, 2.45) is 0 Å². The molecule has 112 valence electrons. The Bertz CT molecular complexity index is 584. The molecule has 21 heavy (non-hydrogen) atoms. The third-order valence-corrected chi connectivity index (χ3v) is 4.03. The van der Waals surface area contributed by atoms with Crippen LogP contribution in [0.15, 0.2) is 42.5 Å². The van der Waals surface area contributed by atoms with Gasteiger partial charge in [0.05, 0.1) is 16.7 Å². The molecule has 2 rings (SSSR count). The lowest BCUT2D eigenvalue weighted by Gasteiger charge is -2.15. The fourth-order valence-corrected chi connectivity index (χ4v) is 2.38. The molecule has 2 aromatic carbocycles. The summed E-state index contributed by atoms with van der Waals surface area (Å²) in [7, 11) is 0. The zero-order valence-corrected chi connectivity index (χ0v) is 13.7. The first-order chi connectivity index (χ1) is 10.1. The van der Waals surface area contributed by atoms with Crippen molar-refractivity contribution in [3.63, 3.8) is 0 Å². The van der Waals surface area contributed by atoms with Gasteiger partial charge in [-0.15, -0.1) is 0 Å². The second kappa shape index (κ2) is 7.69. The highest BCUT2D eigenvalue weighted by molar-refractivity contribution is 6.42. The average Bonchev–Trinajstić information content (AvgIpc) is 2.49. The lowest BCUT2D eigenvalue weighted by molar-refractivity contribution is 0.340. The SMILES string of the molecule is CCOc1ccc(C(C)NCc2ccc(Cl)c(Cl)c2)cc1. The molecule has 0 spiro atoms. The Kier molecular flexibility index (Phi) is 5.92. The molecular formula is C17H19Cl2NO. The Hall–Kier alpha value is -1.22. The van der Waals surface area contributed by atoms with Crippen LogP contribution in [0, 0.1) is 0 Å². The average molecular weight is 324 g/mol. The van der Waals surface area contributed by atoms with E-state index in [9.17, 15) is 0 Å². The topological polar surface area (TPSA) is 21.3 Å². The second-order valence-corrected chi connectivity index (χ2v) is 5.67. The zero-order valence-electron chi connectivity index (χ0n) is 12.2. The van der Waals surface area contributed by atoms with Crippen LogP contribution in [0.2, 0.25) is 10.0 Å². The molecular weight excluding hydrogens is 305 g/mol. The molecule has 0 aliphatic carbocycles. The van der Waals surface area contributed by atoms with Crippen LogP contribution in [0.1, 0.15) is 31.0 Å². The second-order valence-electron chi connectivity index (χ2n) is 4.85. The molecule has 0 radical (unpaired) electrons. The van der Waals surface area contributed by atoms with Crippen molar-refractivity contribution in [3.8, 4) is 5.75 Å². The highest BCUT2D eigenvalue weighted by Gasteiger charge is 2.06. The monoisotopic (exact) mass is 323 g/mol. The van der Waals surface area contributed by atoms with Crippen LogP contribution >= 0.6 is 23.2 Å². The molecule has 0 saturated heterocycles. The Morgan fingerprint density at radius 1 is 1.05 bits per heavy atom. The molecule has 0 fully saturated rings. The molecule has 1 N–H and O–H groups in total. The van der Waals surface area contributed by atoms with Crippen molar-refractivity contribution < 1.29 is 4.74 Å². The molecule has 0 saturated carbocycles. The van der Waals surface area contributed by atoms with Crippen LogP contribution in [0.25, 0.3) is 0 Å². The zero-order chi connectivity index (χ0) is 15.2. The van der Waals surface area contributed by atoms with E-state index in [4.69, 9.17) is 27.9 Å². The van der Waals surface area contributed by atoms with E-state index in [1.54, 1.807) is 0 Å². The maximum atomic E-state index is 6.02. The Labute approximate surface area is 136 Å². The van der Waals surface area contributed by atoms with Crippen LogP contribution in [0.5, 0.6) is 5.75 Å². The van der Waals surface area contributed by atoms with E-state index in [1.165, 1.54) is 5.56 Å². The molecule has 1 atom stereocenters. The molecule has 0 amide bonds. The van der Waals surface area contributed by atoms with Gasteiger partial charge in [-0.1, -0.05) is 41.4 Å². The number of halogens is 2. The normalized spacial score (nSPS) is 12.2. The molecule has 2 aromatic rings. The van der Waals surface area contributed by atoms with E-state index in [2.05, 4.69) is 24.4 Å². The summed E-state index contributed by atoms with van der Waals surface area (Å²) in [4.78, 5) is 0. The smallest absolute Gasteiger partial charge is 0.119 e. The summed E-state index contributed by atoms with van der Waals surface area (Å²) in [5.74, 6) is 0.901. The highest BCUT2D eigenvalue weighted by atomic mass is 35.5. The van der Waals surface area contributed by atoms with E-state index in [-0.39, 0.29) is 6.04 Å². The van der Waals surface area contributed by atoms with Gasteiger partial charge in [0, 0.05) is 12.6 Å². The molecule has 0 aliphatic rings. The summed E-state index contributed by atoms with van der Waals surface area (Å²) < 4.78 is 5.45. The fourth-order valence-electron chi connectivity index (χ4n) is 2.06. The van der Waals surface area contributed by atoms with Crippen molar-refractivity contribution in [2.75, 3.05) is 6.61 Å². The summed E-state index contributed by atoms with van der Waals surface area (Å²) in [6, 6.07) is 14.1. The van der Waals surface area contributed by atoms with Crippen molar-refractivity contribution in [3.05, 3.63) is 63.6 Å². The van der Waals surface area contributed by atoms with Gasteiger partial charge in [0.15, 0.2) is 0 Å². The van der Waals surface area contributed by atoms with Crippen LogP contribution in [0.4, 0.5) is 0 Å². The summed E-state index contributed by atoms with van der Waals surface area (Å²) in [5.41, 5.74) is 2.33. The number of hydrogen-bond donors (Lipinski definition) is 1.